The topological polar surface area (TPSA) is 22.1 Å². The molecule has 19 heavy (non-hydrogen) atoms. The zero-order valence-corrected chi connectivity index (χ0v) is 12.5. The van der Waals surface area contributed by atoms with Crippen LogP contribution in [0.1, 0.15) is 32.0 Å². The summed E-state index contributed by atoms with van der Waals surface area (Å²) in [7, 11) is 0. The molecule has 2 nitrogen and oxygen atoms in total. The van der Waals surface area contributed by atoms with Crippen molar-refractivity contribution in [3.8, 4) is 11.5 Å². The van der Waals surface area contributed by atoms with Gasteiger partial charge >= 0.3 is 0 Å². The van der Waals surface area contributed by atoms with Crippen molar-refractivity contribution in [2.24, 2.45) is 0 Å². The van der Waals surface area contributed by atoms with Gasteiger partial charge in [-0.2, -0.15) is 0 Å². The second kappa shape index (κ2) is 5.22. The van der Waals surface area contributed by atoms with Crippen molar-refractivity contribution in [3.63, 3.8) is 0 Å². The molecule has 1 aromatic carbocycles. The molecule has 0 aliphatic rings. The van der Waals surface area contributed by atoms with Crippen LogP contribution >= 0.6 is 11.6 Å². The van der Waals surface area contributed by atoms with Crippen LogP contribution in [0.15, 0.2) is 36.5 Å². The van der Waals surface area contributed by atoms with Crippen molar-refractivity contribution >= 4 is 11.6 Å². The highest BCUT2D eigenvalue weighted by atomic mass is 35.5. The lowest BCUT2D eigenvalue weighted by atomic mass is 9.87. The Balaban J connectivity index is 2.24. The minimum atomic E-state index is 0.0770. The Kier molecular flexibility index (Phi) is 3.81. The van der Waals surface area contributed by atoms with Gasteiger partial charge in [0.05, 0.1) is 11.2 Å². The van der Waals surface area contributed by atoms with E-state index in [1.54, 1.807) is 6.20 Å². The third kappa shape index (κ3) is 3.48. The van der Waals surface area contributed by atoms with Crippen LogP contribution in [0.5, 0.6) is 11.5 Å². The average Bonchev–Trinajstić information content (AvgIpc) is 2.33. The predicted octanol–water partition coefficient (Wildman–Crippen LogP) is 5.13. The van der Waals surface area contributed by atoms with E-state index in [4.69, 9.17) is 16.3 Å². The van der Waals surface area contributed by atoms with Gasteiger partial charge in [-0.25, -0.2) is 0 Å². The molecule has 0 radical (unpaired) electrons. The van der Waals surface area contributed by atoms with Crippen LogP contribution in [0, 0.1) is 6.92 Å². The molecule has 0 saturated heterocycles. The third-order valence-electron chi connectivity index (χ3n) is 2.91. The molecular weight excluding hydrogens is 258 g/mol. The number of aromatic nitrogens is 1. The van der Waals surface area contributed by atoms with Gasteiger partial charge in [0.2, 0.25) is 0 Å². The van der Waals surface area contributed by atoms with E-state index in [1.165, 1.54) is 5.56 Å². The van der Waals surface area contributed by atoms with Gasteiger partial charge in [0.1, 0.15) is 11.5 Å². The van der Waals surface area contributed by atoms with E-state index in [1.807, 2.05) is 37.3 Å². The Hall–Kier alpha value is -1.54. The van der Waals surface area contributed by atoms with Crippen molar-refractivity contribution in [1.82, 2.24) is 4.98 Å². The number of aryl methyl sites for hydroxylation is 1. The molecule has 2 aromatic rings. The number of halogens is 1. The van der Waals surface area contributed by atoms with Gasteiger partial charge in [0.25, 0.3) is 0 Å². The minimum absolute atomic E-state index is 0.0770. The van der Waals surface area contributed by atoms with Gasteiger partial charge in [-0.1, -0.05) is 38.4 Å². The summed E-state index contributed by atoms with van der Waals surface area (Å²) in [5.41, 5.74) is 2.22. The van der Waals surface area contributed by atoms with E-state index >= 15 is 0 Å². The molecule has 0 spiro atoms. The fraction of sp³-hybridized carbons (Fsp3) is 0.312. The maximum atomic E-state index is 6.27. The molecule has 0 aliphatic carbocycles. The van der Waals surface area contributed by atoms with Crippen molar-refractivity contribution in [2.45, 2.75) is 33.1 Å². The molecule has 100 valence electrons. The number of hydrogen-bond acceptors (Lipinski definition) is 2. The predicted molar refractivity (Wildman–Crippen MR) is 79.2 cm³/mol. The zero-order chi connectivity index (χ0) is 14.0. The number of ether oxygens (including phenoxy) is 1. The Bertz CT molecular complexity index is 570. The highest BCUT2D eigenvalue weighted by Gasteiger charge is 2.15. The van der Waals surface area contributed by atoms with Gasteiger partial charge in [0.15, 0.2) is 0 Å². The number of rotatable bonds is 2. The molecule has 1 heterocycles. The second-order valence-corrected chi connectivity index (χ2v) is 6.04. The summed E-state index contributed by atoms with van der Waals surface area (Å²) >= 11 is 6.27. The molecule has 0 atom stereocenters. The Morgan fingerprint density at radius 1 is 1.11 bits per heavy atom. The van der Waals surface area contributed by atoms with E-state index in [-0.39, 0.29) is 5.41 Å². The zero-order valence-electron chi connectivity index (χ0n) is 11.7. The highest BCUT2D eigenvalue weighted by Crippen LogP contribution is 2.33. The van der Waals surface area contributed by atoms with Crippen molar-refractivity contribution in [2.75, 3.05) is 0 Å². The summed E-state index contributed by atoms with van der Waals surface area (Å²) in [5.74, 6) is 1.34. The lowest BCUT2D eigenvalue weighted by Crippen LogP contribution is -2.10. The smallest absolute Gasteiger partial charge is 0.146 e. The maximum Gasteiger partial charge on any atom is 0.146 e. The number of benzene rings is 1. The summed E-state index contributed by atoms with van der Waals surface area (Å²) in [6, 6.07) is 9.70. The summed E-state index contributed by atoms with van der Waals surface area (Å²) < 4.78 is 5.74. The van der Waals surface area contributed by atoms with Gasteiger partial charge in [-0.15, -0.1) is 0 Å². The Morgan fingerprint density at radius 2 is 1.84 bits per heavy atom. The van der Waals surface area contributed by atoms with Crippen LogP contribution < -0.4 is 4.74 Å². The molecular formula is C16H18ClNO. The first-order chi connectivity index (χ1) is 8.86. The molecule has 0 aliphatic heterocycles. The maximum absolute atomic E-state index is 6.27. The van der Waals surface area contributed by atoms with E-state index in [2.05, 4.69) is 25.8 Å². The van der Waals surface area contributed by atoms with E-state index in [9.17, 15) is 0 Å². The number of hydrogen-bond donors (Lipinski definition) is 0. The van der Waals surface area contributed by atoms with Crippen molar-refractivity contribution in [3.05, 3.63) is 52.8 Å². The summed E-state index contributed by atoms with van der Waals surface area (Å²) in [6.45, 7) is 8.41. The quantitative estimate of drug-likeness (QED) is 0.758. The van der Waals surface area contributed by atoms with Gasteiger partial charge in [-0.05, 0) is 42.2 Å². The summed E-state index contributed by atoms with van der Waals surface area (Å²) in [5, 5.41) is 0.619. The van der Waals surface area contributed by atoms with E-state index < -0.39 is 0 Å². The third-order valence-corrected chi connectivity index (χ3v) is 3.21. The number of nitrogens with zero attached hydrogens (tertiary/aromatic N) is 1. The summed E-state index contributed by atoms with van der Waals surface area (Å²) in [6.07, 6.45) is 1.70. The average molecular weight is 276 g/mol. The molecule has 0 N–H and O–H groups in total. The molecule has 3 heteroatoms. The summed E-state index contributed by atoms with van der Waals surface area (Å²) in [4.78, 5) is 4.19. The molecule has 2 rings (SSSR count). The largest absolute Gasteiger partial charge is 0.454 e. The van der Waals surface area contributed by atoms with Crippen LogP contribution in [0.25, 0.3) is 0 Å². The SMILES string of the molecule is Cc1ccc(Oc2ccc(C(C)(C)C)cc2Cl)cn1. The highest BCUT2D eigenvalue weighted by molar-refractivity contribution is 6.32. The first kappa shape index (κ1) is 13.9. The van der Waals surface area contributed by atoms with Gasteiger partial charge < -0.3 is 4.74 Å². The lowest BCUT2D eigenvalue weighted by Gasteiger charge is -2.20. The van der Waals surface area contributed by atoms with Crippen molar-refractivity contribution in [1.29, 1.82) is 0 Å². The van der Waals surface area contributed by atoms with Crippen molar-refractivity contribution < 1.29 is 4.74 Å². The monoisotopic (exact) mass is 275 g/mol. The van der Waals surface area contributed by atoms with E-state index in [0.29, 0.717) is 16.5 Å². The van der Waals surface area contributed by atoms with Crippen LogP contribution in [-0.2, 0) is 5.41 Å². The first-order valence-electron chi connectivity index (χ1n) is 6.27. The molecule has 0 bridgehead atoms. The van der Waals surface area contributed by atoms with Crippen LogP contribution in [-0.4, -0.2) is 4.98 Å². The van der Waals surface area contributed by atoms with Gasteiger partial charge in [-0.3, -0.25) is 4.98 Å². The van der Waals surface area contributed by atoms with Gasteiger partial charge in [0, 0.05) is 5.69 Å². The lowest BCUT2D eigenvalue weighted by molar-refractivity contribution is 0.479. The molecule has 1 aromatic heterocycles. The second-order valence-electron chi connectivity index (χ2n) is 5.63. The minimum Gasteiger partial charge on any atom is -0.454 e. The standard InChI is InChI=1S/C16H18ClNO/c1-11-5-7-13(10-18-11)19-15-8-6-12(9-14(15)17)16(2,3)4/h5-10H,1-4H3. The first-order valence-corrected chi connectivity index (χ1v) is 6.64. The molecule has 0 fully saturated rings. The Labute approximate surface area is 119 Å². The molecule has 0 amide bonds. The molecule has 0 saturated carbocycles. The van der Waals surface area contributed by atoms with Crippen LogP contribution in [0.4, 0.5) is 0 Å². The Morgan fingerprint density at radius 3 is 2.37 bits per heavy atom. The molecule has 0 unspecified atom stereocenters. The van der Waals surface area contributed by atoms with Crippen LogP contribution in [0.3, 0.4) is 0 Å². The van der Waals surface area contributed by atoms with Crippen LogP contribution in [0.2, 0.25) is 5.02 Å². The number of pyridine rings is 1. The normalized spacial score (nSPS) is 11.4. The fourth-order valence-electron chi connectivity index (χ4n) is 1.69. The van der Waals surface area contributed by atoms with E-state index in [0.717, 1.165) is 5.69 Å². The fourth-order valence-corrected chi connectivity index (χ4v) is 1.91.